The van der Waals surface area contributed by atoms with E-state index in [1.54, 1.807) is 0 Å². The van der Waals surface area contributed by atoms with Crippen LogP contribution < -0.4 is 9.64 Å². The van der Waals surface area contributed by atoms with E-state index in [1.165, 1.54) is 111 Å². The van der Waals surface area contributed by atoms with E-state index in [-0.39, 0.29) is 10.8 Å². The van der Waals surface area contributed by atoms with Crippen molar-refractivity contribution in [2.24, 2.45) is 0 Å². The van der Waals surface area contributed by atoms with Gasteiger partial charge in [0, 0.05) is 38.9 Å². The molecule has 1 atom stereocenters. The molecule has 0 aliphatic heterocycles. The van der Waals surface area contributed by atoms with Crippen LogP contribution in [0.3, 0.4) is 0 Å². The summed E-state index contributed by atoms with van der Waals surface area (Å²) in [6, 6.07) is 113. The van der Waals surface area contributed by atoms with Gasteiger partial charge in [-0.25, -0.2) is 0 Å². The fourth-order valence-corrected chi connectivity index (χ4v) is 17.0. The average molecular weight is 1260 g/mol. The predicted octanol–water partition coefficient (Wildman–Crippen LogP) is 25.5. The molecule has 468 valence electrons. The smallest absolute Gasteiger partial charge is 0.119 e. The Balaban J connectivity index is 0.762. The monoisotopic (exact) mass is 1260 g/mol. The molecule has 0 spiro atoms. The molecule has 0 bridgehead atoms. The molecule has 0 amide bonds. The zero-order valence-electron chi connectivity index (χ0n) is 55.7. The number of fused-ring (bicyclic) bond motifs is 7. The summed E-state index contributed by atoms with van der Waals surface area (Å²) in [5.74, 6) is 0.933. The molecule has 0 saturated carbocycles. The highest BCUT2D eigenvalue weighted by Crippen LogP contribution is 2.57. The molecular formula is C92H80N2OSi. The van der Waals surface area contributed by atoms with Crippen molar-refractivity contribution in [1.29, 1.82) is 0 Å². The predicted molar refractivity (Wildman–Crippen MR) is 414 cm³/mol. The maximum absolute atomic E-state index is 6.62. The molecule has 1 aliphatic carbocycles. The van der Waals surface area contributed by atoms with E-state index >= 15 is 0 Å². The van der Waals surface area contributed by atoms with E-state index in [0.29, 0.717) is 6.61 Å². The average Bonchev–Trinajstić information content (AvgIpc) is 1.54. The topological polar surface area (TPSA) is 17.4 Å². The summed E-state index contributed by atoms with van der Waals surface area (Å²) in [5, 5.41) is 4.84. The molecule has 0 fully saturated rings. The van der Waals surface area contributed by atoms with Gasteiger partial charge in [-0.05, 0) is 209 Å². The molecule has 3 nitrogen and oxygen atoms in total. The fraction of sp³-hybridized carbons (Fsp3) is 0.130. The lowest BCUT2D eigenvalue weighted by molar-refractivity contribution is 0.338. The van der Waals surface area contributed by atoms with Crippen molar-refractivity contribution in [3.05, 3.63) is 344 Å². The molecule has 1 heterocycles. The van der Waals surface area contributed by atoms with Crippen LogP contribution in [-0.4, -0.2) is 19.2 Å². The third kappa shape index (κ3) is 11.8. The highest BCUT2D eigenvalue weighted by molar-refractivity contribution is 6.77. The molecule has 14 aromatic rings. The number of rotatable bonds is 19. The number of para-hydroxylation sites is 1. The van der Waals surface area contributed by atoms with E-state index in [9.17, 15) is 0 Å². The summed E-state index contributed by atoms with van der Waals surface area (Å²) >= 11 is 0. The van der Waals surface area contributed by atoms with Crippen LogP contribution in [0.1, 0.15) is 67.0 Å². The van der Waals surface area contributed by atoms with Gasteiger partial charge in [-0.1, -0.05) is 278 Å². The van der Waals surface area contributed by atoms with Crippen molar-refractivity contribution < 1.29 is 4.74 Å². The maximum Gasteiger partial charge on any atom is 0.119 e. The first-order valence-corrected chi connectivity index (χ1v) is 37.4. The lowest BCUT2D eigenvalue weighted by atomic mass is 9.69. The van der Waals surface area contributed by atoms with Gasteiger partial charge in [-0.3, -0.25) is 0 Å². The minimum Gasteiger partial charge on any atom is -0.494 e. The molecule has 1 unspecified atom stereocenters. The van der Waals surface area contributed by atoms with Crippen LogP contribution in [-0.2, 0) is 10.8 Å². The van der Waals surface area contributed by atoms with Gasteiger partial charge in [-0.2, -0.15) is 0 Å². The van der Waals surface area contributed by atoms with Gasteiger partial charge in [0.1, 0.15) is 5.75 Å². The minimum absolute atomic E-state index is 0.0767. The molecule has 4 heteroatoms. The zero-order chi connectivity index (χ0) is 65.5. The van der Waals surface area contributed by atoms with Crippen molar-refractivity contribution in [2.75, 3.05) is 11.5 Å². The van der Waals surface area contributed by atoms with Gasteiger partial charge in [0.25, 0.3) is 0 Å². The van der Waals surface area contributed by atoms with Crippen LogP contribution in [0.15, 0.2) is 310 Å². The summed E-state index contributed by atoms with van der Waals surface area (Å²) in [5.41, 5.74) is 26.3. The first-order chi connectivity index (χ1) is 46.8. The first kappa shape index (κ1) is 61.4. The molecular weight excluding hydrogens is 1180 g/mol. The lowest BCUT2D eigenvalue weighted by Gasteiger charge is -2.35. The summed E-state index contributed by atoms with van der Waals surface area (Å²) < 4.78 is 9.02. The Morgan fingerprint density at radius 3 is 1.48 bits per heavy atom. The van der Waals surface area contributed by atoms with Crippen LogP contribution >= 0.6 is 0 Å². The second-order valence-electron chi connectivity index (χ2n) is 27.9. The molecule has 0 saturated heterocycles. The molecule has 1 aromatic heterocycles. The Morgan fingerprint density at radius 2 is 0.896 bits per heavy atom. The highest BCUT2D eigenvalue weighted by Gasteiger charge is 2.45. The van der Waals surface area contributed by atoms with Crippen LogP contribution in [0, 0.1) is 0 Å². The number of ether oxygens (including phenoxy) is 1. The fourth-order valence-electron chi connectivity index (χ4n) is 14.9. The van der Waals surface area contributed by atoms with Crippen molar-refractivity contribution in [2.45, 2.75) is 69.6 Å². The number of aromatic nitrogens is 1. The summed E-state index contributed by atoms with van der Waals surface area (Å²) in [6.45, 7) is 20.6. The van der Waals surface area contributed by atoms with Crippen LogP contribution in [0.2, 0.25) is 25.2 Å². The van der Waals surface area contributed by atoms with E-state index in [1.807, 2.05) is 12.2 Å². The quantitative estimate of drug-likeness (QED) is 0.0751. The van der Waals surface area contributed by atoms with Crippen molar-refractivity contribution in [3.8, 4) is 67.1 Å². The minimum atomic E-state index is -1.74. The number of hydrogen-bond acceptors (Lipinski definition) is 2. The third-order valence-corrected chi connectivity index (χ3v) is 23.6. The van der Waals surface area contributed by atoms with E-state index < -0.39 is 8.07 Å². The largest absolute Gasteiger partial charge is 0.494 e. The Hall–Kier alpha value is -10.8. The van der Waals surface area contributed by atoms with E-state index in [4.69, 9.17) is 4.74 Å². The standard InChI is InChI=1S/C92H80N2OSi/c1-8-64-25-29-68(30-26-64)71-33-34-73-60-82(51-41-72(73)59-71)95-56-58-96(6,7)57-18-55-92(77-19-12-10-13-20-77)87-24-17-16-23-83(87)84-52-50-81(63-88(84)92)93(79-46-37-67(38-47-79)66-35-44-76(45-36-66)91(3,4)5)80-48-39-70(40-49-80)75-43-54-90-86(62-75)85-61-74(69-31-27-65(9-2)28-32-69)42-53-89(85)94(90)78-21-14-11-15-22-78/h8-17,19-54,59-63H,1-2,18,55-58H2,3-7H3. The SMILES string of the molecule is C=Cc1ccc(-c2ccc3cc(OCC[Si](C)(C)CCCC4(c5ccccc5)c5ccccc5-c5ccc(N(c6ccc(-c7ccc(C(C)(C)C)cc7)cc6)c6ccc(-c7ccc8c(c7)c7cc(-c9ccc(C=C)cc9)ccc7n8-c7ccccc7)cc6)cc54)ccc3c2)cc1. The summed E-state index contributed by atoms with van der Waals surface area (Å²) in [4.78, 5) is 2.47. The van der Waals surface area contributed by atoms with Gasteiger partial charge in [0.2, 0.25) is 0 Å². The second-order valence-corrected chi connectivity index (χ2v) is 33.3. The van der Waals surface area contributed by atoms with E-state index in [2.05, 4.69) is 354 Å². The van der Waals surface area contributed by atoms with Crippen molar-refractivity contribution in [3.63, 3.8) is 0 Å². The van der Waals surface area contributed by atoms with Crippen molar-refractivity contribution in [1.82, 2.24) is 4.57 Å². The molecule has 96 heavy (non-hydrogen) atoms. The second kappa shape index (κ2) is 25.5. The highest BCUT2D eigenvalue weighted by atomic mass is 28.3. The number of nitrogens with zero attached hydrogens (tertiary/aromatic N) is 2. The lowest BCUT2D eigenvalue weighted by Crippen LogP contribution is -2.31. The molecule has 15 rings (SSSR count). The van der Waals surface area contributed by atoms with Gasteiger partial charge < -0.3 is 14.2 Å². The van der Waals surface area contributed by atoms with Gasteiger partial charge in [0.05, 0.1) is 25.7 Å². The summed E-state index contributed by atoms with van der Waals surface area (Å²) in [6.07, 6.45) is 5.87. The third-order valence-electron chi connectivity index (χ3n) is 20.3. The Kier molecular flexibility index (Phi) is 16.3. The Bertz CT molecular complexity index is 5170. The zero-order valence-corrected chi connectivity index (χ0v) is 56.7. The van der Waals surface area contributed by atoms with Gasteiger partial charge >= 0.3 is 0 Å². The summed E-state index contributed by atoms with van der Waals surface area (Å²) in [7, 11) is -1.74. The molecule has 0 radical (unpaired) electrons. The first-order valence-electron chi connectivity index (χ1n) is 34.0. The van der Waals surface area contributed by atoms with Crippen LogP contribution in [0.5, 0.6) is 5.75 Å². The van der Waals surface area contributed by atoms with Gasteiger partial charge in [-0.15, -0.1) is 0 Å². The van der Waals surface area contributed by atoms with Gasteiger partial charge in [0.15, 0.2) is 0 Å². The molecule has 1 aliphatic rings. The Morgan fingerprint density at radius 1 is 0.427 bits per heavy atom. The number of benzene rings is 13. The Labute approximate surface area is 567 Å². The molecule has 13 aromatic carbocycles. The maximum atomic E-state index is 6.62. The van der Waals surface area contributed by atoms with Crippen molar-refractivity contribution >= 4 is 69.9 Å². The number of hydrogen-bond donors (Lipinski definition) is 0. The number of anilines is 3. The normalized spacial score (nSPS) is 13.6. The van der Waals surface area contributed by atoms with Crippen LogP contribution in [0.4, 0.5) is 17.1 Å². The van der Waals surface area contributed by atoms with Crippen LogP contribution in [0.25, 0.3) is 106 Å². The van der Waals surface area contributed by atoms with E-state index in [0.717, 1.165) is 64.1 Å². The molecule has 0 N–H and O–H groups in total.